The first kappa shape index (κ1) is 12.4. The third-order valence-corrected chi connectivity index (χ3v) is 3.04. The monoisotopic (exact) mass is 249 g/mol. The summed E-state index contributed by atoms with van der Waals surface area (Å²) in [5.41, 5.74) is 5.52. The lowest BCUT2D eigenvalue weighted by atomic mass is 9.98. The Morgan fingerprint density at radius 3 is 2.89 bits per heavy atom. The maximum atomic E-state index is 11.9. The van der Waals surface area contributed by atoms with Gasteiger partial charge < -0.3 is 10.6 Å². The maximum absolute atomic E-state index is 11.9. The zero-order valence-corrected chi connectivity index (χ0v) is 10.3. The van der Waals surface area contributed by atoms with Gasteiger partial charge in [0.2, 0.25) is 5.91 Å². The minimum atomic E-state index is -0.867. The number of hydrogen-bond acceptors (Lipinski definition) is 6. The molecule has 0 unspecified atom stereocenters. The highest BCUT2D eigenvalue weighted by Crippen LogP contribution is 2.26. The van der Waals surface area contributed by atoms with Crippen molar-refractivity contribution in [2.75, 3.05) is 11.4 Å². The van der Waals surface area contributed by atoms with Gasteiger partial charge in [0.1, 0.15) is 5.54 Å². The van der Waals surface area contributed by atoms with E-state index in [0.717, 1.165) is 5.56 Å². The Balaban J connectivity index is 2.47. The number of imide groups is 1. The fourth-order valence-electron chi connectivity index (χ4n) is 1.86. The maximum Gasteiger partial charge on any atom is 0.251 e. The van der Waals surface area contributed by atoms with Gasteiger partial charge in [-0.1, -0.05) is 0 Å². The Labute approximate surface area is 104 Å². The number of nitrogens with zero attached hydrogens (tertiary/aromatic N) is 3. The lowest BCUT2D eigenvalue weighted by Crippen LogP contribution is -2.64. The van der Waals surface area contributed by atoms with Crippen molar-refractivity contribution in [2.24, 2.45) is 5.73 Å². The van der Waals surface area contributed by atoms with Crippen LogP contribution in [0, 0.1) is 0 Å². The van der Waals surface area contributed by atoms with Gasteiger partial charge in [0.05, 0.1) is 12.7 Å². The first-order valence-electron chi connectivity index (χ1n) is 5.59. The first-order valence-corrected chi connectivity index (χ1v) is 5.59. The van der Waals surface area contributed by atoms with E-state index in [-0.39, 0.29) is 24.9 Å². The second kappa shape index (κ2) is 4.34. The zero-order chi connectivity index (χ0) is 13.3. The predicted octanol–water partition coefficient (Wildman–Crippen LogP) is -0.823. The molecule has 0 aromatic carbocycles. The van der Waals surface area contributed by atoms with E-state index in [1.807, 2.05) is 0 Å². The third-order valence-electron chi connectivity index (χ3n) is 3.04. The van der Waals surface area contributed by atoms with E-state index in [9.17, 15) is 9.59 Å². The van der Waals surface area contributed by atoms with Gasteiger partial charge in [-0.2, -0.15) is 5.10 Å². The van der Waals surface area contributed by atoms with E-state index in [1.165, 1.54) is 6.20 Å². The quantitative estimate of drug-likeness (QED) is 0.664. The second-order valence-electron chi connectivity index (χ2n) is 4.61. The number of nitrogens with two attached hydrogens (primary N) is 1. The van der Waals surface area contributed by atoms with Gasteiger partial charge in [-0.3, -0.25) is 14.9 Å². The number of carbonyl (C=O) groups is 2. The SMILES string of the molecule is CC1(C)C(=O)NC(=O)CN1c1nnccc1CN. The molecule has 3 N–H and O–H groups in total. The number of nitrogens with one attached hydrogen (secondary N) is 1. The fourth-order valence-corrected chi connectivity index (χ4v) is 1.86. The van der Waals surface area contributed by atoms with E-state index >= 15 is 0 Å². The molecule has 7 heteroatoms. The molecule has 0 saturated carbocycles. The van der Waals surface area contributed by atoms with E-state index in [0.29, 0.717) is 5.82 Å². The highest BCUT2D eigenvalue weighted by Gasteiger charge is 2.42. The number of anilines is 1. The van der Waals surface area contributed by atoms with Gasteiger partial charge in [0, 0.05) is 12.1 Å². The van der Waals surface area contributed by atoms with Crippen molar-refractivity contribution in [1.29, 1.82) is 0 Å². The normalized spacial score (nSPS) is 18.7. The van der Waals surface area contributed by atoms with E-state index < -0.39 is 5.54 Å². The first-order chi connectivity index (χ1) is 8.46. The van der Waals surface area contributed by atoms with Crippen LogP contribution >= 0.6 is 0 Å². The molecule has 1 aromatic heterocycles. The predicted molar refractivity (Wildman–Crippen MR) is 64.5 cm³/mol. The molecule has 0 radical (unpaired) electrons. The fraction of sp³-hybridized carbons (Fsp3) is 0.455. The Bertz CT molecular complexity index is 500. The van der Waals surface area contributed by atoms with E-state index in [2.05, 4.69) is 15.5 Å². The molecule has 2 rings (SSSR count). The molecule has 0 spiro atoms. The number of carbonyl (C=O) groups excluding carboxylic acids is 2. The van der Waals surface area contributed by atoms with Gasteiger partial charge >= 0.3 is 0 Å². The molecule has 18 heavy (non-hydrogen) atoms. The number of rotatable bonds is 2. The van der Waals surface area contributed by atoms with Crippen LogP contribution in [0.2, 0.25) is 0 Å². The highest BCUT2D eigenvalue weighted by atomic mass is 16.2. The molecule has 96 valence electrons. The van der Waals surface area contributed by atoms with Crippen LogP contribution in [0.15, 0.2) is 12.3 Å². The summed E-state index contributed by atoms with van der Waals surface area (Å²) in [5, 5.41) is 10.1. The summed E-state index contributed by atoms with van der Waals surface area (Å²) in [6, 6.07) is 1.73. The number of hydrogen-bond donors (Lipinski definition) is 2. The van der Waals surface area contributed by atoms with Crippen molar-refractivity contribution in [1.82, 2.24) is 15.5 Å². The van der Waals surface area contributed by atoms with Crippen LogP contribution in [0.5, 0.6) is 0 Å². The van der Waals surface area contributed by atoms with Crippen LogP contribution in [-0.4, -0.2) is 34.1 Å². The minimum absolute atomic E-state index is 0.0600. The molecule has 2 heterocycles. The molecule has 0 aliphatic carbocycles. The van der Waals surface area contributed by atoms with Gasteiger partial charge in [0.15, 0.2) is 5.82 Å². The number of piperazine rings is 1. The molecule has 1 aliphatic heterocycles. The summed E-state index contributed by atoms with van der Waals surface area (Å²) in [6.45, 7) is 3.78. The summed E-state index contributed by atoms with van der Waals surface area (Å²) in [4.78, 5) is 25.0. The third kappa shape index (κ3) is 1.92. The molecule has 1 aliphatic rings. The highest BCUT2D eigenvalue weighted by molar-refractivity contribution is 6.06. The van der Waals surface area contributed by atoms with Crippen LogP contribution in [0.3, 0.4) is 0 Å². The number of aromatic nitrogens is 2. The van der Waals surface area contributed by atoms with Crippen molar-refractivity contribution < 1.29 is 9.59 Å². The molecule has 1 aromatic rings. The van der Waals surface area contributed by atoms with E-state index in [1.54, 1.807) is 24.8 Å². The largest absolute Gasteiger partial charge is 0.331 e. The Morgan fingerprint density at radius 1 is 1.50 bits per heavy atom. The van der Waals surface area contributed by atoms with Gasteiger partial charge in [-0.25, -0.2) is 0 Å². The van der Waals surface area contributed by atoms with Gasteiger partial charge in [0.25, 0.3) is 5.91 Å². The minimum Gasteiger partial charge on any atom is -0.331 e. The lowest BCUT2D eigenvalue weighted by molar-refractivity contribution is -0.135. The second-order valence-corrected chi connectivity index (χ2v) is 4.61. The Kier molecular flexibility index (Phi) is 3.00. The van der Waals surface area contributed by atoms with Crippen LogP contribution < -0.4 is 16.0 Å². The van der Waals surface area contributed by atoms with Gasteiger partial charge in [-0.15, -0.1) is 5.10 Å². The van der Waals surface area contributed by atoms with Crippen molar-refractivity contribution in [2.45, 2.75) is 25.9 Å². The number of amides is 2. The standard InChI is InChI=1S/C11H15N5O2/c1-11(2)10(18)14-8(17)6-16(11)9-7(5-12)3-4-13-15-9/h3-4H,5-6,12H2,1-2H3,(H,14,17,18). The Hall–Kier alpha value is -2.02. The summed E-state index contributed by atoms with van der Waals surface area (Å²) in [5.74, 6) is -0.228. The van der Waals surface area contributed by atoms with E-state index in [4.69, 9.17) is 5.73 Å². The van der Waals surface area contributed by atoms with Crippen molar-refractivity contribution in [3.63, 3.8) is 0 Å². The molecule has 1 fully saturated rings. The van der Waals surface area contributed by atoms with Gasteiger partial charge in [-0.05, 0) is 19.9 Å². The molecule has 7 nitrogen and oxygen atoms in total. The summed E-state index contributed by atoms with van der Waals surface area (Å²) in [7, 11) is 0. The topological polar surface area (TPSA) is 101 Å². The lowest BCUT2D eigenvalue weighted by Gasteiger charge is -2.41. The summed E-state index contributed by atoms with van der Waals surface area (Å²) < 4.78 is 0. The van der Waals surface area contributed by atoms with Crippen molar-refractivity contribution >= 4 is 17.6 Å². The molecule has 1 saturated heterocycles. The molecule has 2 amide bonds. The summed E-state index contributed by atoms with van der Waals surface area (Å²) >= 11 is 0. The van der Waals surface area contributed by atoms with Crippen LogP contribution in [-0.2, 0) is 16.1 Å². The summed E-state index contributed by atoms with van der Waals surface area (Å²) in [6.07, 6.45) is 1.53. The van der Waals surface area contributed by atoms with Crippen LogP contribution in [0.1, 0.15) is 19.4 Å². The molecular weight excluding hydrogens is 234 g/mol. The van der Waals surface area contributed by atoms with Crippen molar-refractivity contribution in [3.05, 3.63) is 17.8 Å². The average molecular weight is 249 g/mol. The smallest absolute Gasteiger partial charge is 0.251 e. The Morgan fingerprint density at radius 2 is 2.22 bits per heavy atom. The molecule has 0 bridgehead atoms. The molecular formula is C11H15N5O2. The zero-order valence-electron chi connectivity index (χ0n) is 10.3. The van der Waals surface area contributed by atoms with Crippen LogP contribution in [0.25, 0.3) is 0 Å². The molecule has 0 atom stereocenters. The van der Waals surface area contributed by atoms with Crippen molar-refractivity contribution in [3.8, 4) is 0 Å². The van der Waals surface area contributed by atoms with Crippen LogP contribution in [0.4, 0.5) is 5.82 Å². The average Bonchev–Trinajstić information content (AvgIpc) is 2.34.